The van der Waals surface area contributed by atoms with Gasteiger partial charge < -0.3 is 26.8 Å². The molecule has 0 rings (SSSR count). The summed E-state index contributed by atoms with van der Waals surface area (Å²) in [6, 6.07) is -3.60. The Morgan fingerprint density at radius 3 is 1.77 bits per heavy atom. The van der Waals surface area contributed by atoms with Crippen molar-refractivity contribution in [1.82, 2.24) is 16.0 Å². The molecule has 9 heteroatoms. The molecule has 0 aromatic rings. The number of carboxylic acids is 1. The molecule has 3 amide bonds. The third-order valence-corrected chi connectivity index (χ3v) is 3.73. The second kappa shape index (κ2) is 10.7. The predicted molar refractivity (Wildman–Crippen MR) is 97.0 cm³/mol. The number of aliphatic carboxylic acids is 1. The molecule has 0 aromatic heterocycles. The third kappa shape index (κ3) is 8.28. The number of nitrogens with two attached hydrogens (primary N) is 1. The molecule has 0 fully saturated rings. The molecule has 0 bridgehead atoms. The van der Waals surface area contributed by atoms with Gasteiger partial charge >= 0.3 is 5.97 Å². The fraction of sp³-hybridized carbons (Fsp3) is 0.765. The molecular weight excluding hydrogens is 340 g/mol. The number of hydrogen-bond acceptors (Lipinski definition) is 5. The smallest absolute Gasteiger partial charge is 0.326 e. The van der Waals surface area contributed by atoms with Crippen LogP contribution in [0.1, 0.15) is 48.0 Å². The SMILES string of the molecule is CC(C)C[C@H](NC(=O)[C@@H](NC(=O)[C@H](C)NC(=O)[C@H](C)N)C(C)C)C(=O)O. The van der Waals surface area contributed by atoms with Crippen LogP contribution in [0, 0.1) is 11.8 Å². The Balaban J connectivity index is 5.00. The summed E-state index contributed by atoms with van der Waals surface area (Å²) < 4.78 is 0. The lowest BCUT2D eigenvalue weighted by atomic mass is 10.00. The average Bonchev–Trinajstić information content (AvgIpc) is 2.50. The second-order valence-corrected chi connectivity index (χ2v) is 7.28. The van der Waals surface area contributed by atoms with Crippen LogP contribution in [0.5, 0.6) is 0 Å². The minimum absolute atomic E-state index is 0.0805. The van der Waals surface area contributed by atoms with Crippen LogP contribution in [0.25, 0.3) is 0 Å². The van der Waals surface area contributed by atoms with E-state index in [0.29, 0.717) is 0 Å². The minimum Gasteiger partial charge on any atom is -0.480 e. The Hall–Kier alpha value is -2.16. The molecule has 0 radical (unpaired) electrons. The largest absolute Gasteiger partial charge is 0.480 e. The molecule has 4 atom stereocenters. The van der Waals surface area contributed by atoms with E-state index in [1.54, 1.807) is 13.8 Å². The number of nitrogens with one attached hydrogen (secondary N) is 3. The van der Waals surface area contributed by atoms with Crippen molar-refractivity contribution in [3.05, 3.63) is 0 Å². The first kappa shape index (κ1) is 23.8. The molecule has 0 aliphatic carbocycles. The van der Waals surface area contributed by atoms with Crippen LogP contribution in [0.4, 0.5) is 0 Å². The van der Waals surface area contributed by atoms with Crippen molar-refractivity contribution in [2.75, 3.05) is 0 Å². The Morgan fingerprint density at radius 2 is 1.38 bits per heavy atom. The van der Waals surface area contributed by atoms with E-state index in [1.807, 2.05) is 13.8 Å². The minimum atomic E-state index is -1.13. The molecule has 150 valence electrons. The van der Waals surface area contributed by atoms with Gasteiger partial charge in [-0.2, -0.15) is 0 Å². The highest BCUT2D eigenvalue weighted by atomic mass is 16.4. The van der Waals surface area contributed by atoms with Gasteiger partial charge in [0.1, 0.15) is 18.1 Å². The van der Waals surface area contributed by atoms with E-state index >= 15 is 0 Å². The number of hydrogen-bond donors (Lipinski definition) is 5. The summed E-state index contributed by atoms with van der Waals surface area (Å²) in [6.07, 6.45) is 0.278. The Morgan fingerprint density at radius 1 is 0.846 bits per heavy atom. The van der Waals surface area contributed by atoms with Gasteiger partial charge in [0.25, 0.3) is 0 Å². The molecule has 6 N–H and O–H groups in total. The zero-order chi connectivity index (χ0) is 20.6. The normalized spacial score (nSPS) is 15.7. The lowest BCUT2D eigenvalue weighted by Crippen LogP contribution is -2.57. The molecule has 0 heterocycles. The summed E-state index contributed by atoms with van der Waals surface area (Å²) in [5.41, 5.74) is 5.44. The molecule has 0 saturated heterocycles. The van der Waals surface area contributed by atoms with Crippen molar-refractivity contribution in [3.8, 4) is 0 Å². The predicted octanol–water partition coefficient (Wildman–Crippen LogP) is -0.405. The van der Waals surface area contributed by atoms with Crippen LogP contribution in [0.3, 0.4) is 0 Å². The van der Waals surface area contributed by atoms with Crippen molar-refractivity contribution >= 4 is 23.7 Å². The number of carboxylic acid groups (broad SMARTS) is 1. The fourth-order valence-electron chi connectivity index (χ4n) is 2.18. The van der Waals surface area contributed by atoms with Crippen LogP contribution < -0.4 is 21.7 Å². The monoisotopic (exact) mass is 372 g/mol. The number of carbonyl (C=O) groups excluding carboxylic acids is 3. The molecule has 0 saturated carbocycles. The molecule has 0 aliphatic rings. The Bertz CT molecular complexity index is 519. The molecule has 0 aliphatic heterocycles. The number of amides is 3. The maximum atomic E-state index is 12.5. The van der Waals surface area contributed by atoms with Gasteiger partial charge in [0.2, 0.25) is 17.7 Å². The Labute approximate surface area is 154 Å². The van der Waals surface area contributed by atoms with Crippen LogP contribution in [0.2, 0.25) is 0 Å². The van der Waals surface area contributed by atoms with E-state index < -0.39 is 47.9 Å². The van der Waals surface area contributed by atoms with E-state index in [0.717, 1.165) is 0 Å². The third-order valence-electron chi connectivity index (χ3n) is 3.73. The summed E-state index contributed by atoms with van der Waals surface area (Å²) in [5, 5.41) is 16.7. The first-order chi connectivity index (χ1) is 11.9. The van der Waals surface area contributed by atoms with Gasteiger partial charge in [0.15, 0.2) is 0 Å². The van der Waals surface area contributed by atoms with Gasteiger partial charge in [-0.3, -0.25) is 14.4 Å². The summed E-state index contributed by atoms with van der Waals surface area (Å²) in [4.78, 5) is 47.6. The highest BCUT2D eigenvalue weighted by molar-refractivity contribution is 5.93. The van der Waals surface area contributed by atoms with Crippen LogP contribution in [-0.2, 0) is 19.2 Å². The fourth-order valence-corrected chi connectivity index (χ4v) is 2.18. The van der Waals surface area contributed by atoms with E-state index in [1.165, 1.54) is 13.8 Å². The van der Waals surface area contributed by atoms with Crippen molar-refractivity contribution in [2.24, 2.45) is 17.6 Å². The van der Waals surface area contributed by atoms with Crippen LogP contribution in [0.15, 0.2) is 0 Å². The molecular formula is C17H32N4O5. The Kier molecular flexibility index (Phi) is 9.85. The van der Waals surface area contributed by atoms with E-state index in [-0.39, 0.29) is 18.3 Å². The zero-order valence-corrected chi connectivity index (χ0v) is 16.3. The van der Waals surface area contributed by atoms with Crippen molar-refractivity contribution in [1.29, 1.82) is 0 Å². The second-order valence-electron chi connectivity index (χ2n) is 7.28. The van der Waals surface area contributed by atoms with Gasteiger partial charge in [-0.05, 0) is 32.1 Å². The van der Waals surface area contributed by atoms with E-state index in [4.69, 9.17) is 5.73 Å². The standard InChI is InChI=1S/C17H32N4O5/c1-8(2)7-12(17(25)26)20-16(24)13(9(3)4)21-15(23)11(6)19-14(22)10(5)18/h8-13H,7,18H2,1-6H3,(H,19,22)(H,20,24)(H,21,23)(H,25,26)/t10-,11-,12-,13-/m0/s1. The van der Waals surface area contributed by atoms with Gasteiger partial charge in [0, 0.05) is 0 Å². The summed E-state index contributed by atoms with van der Waals surface area (Å²) >= 11 is 0. The molecule has 0 aromatic carbocycles. The first-order valence-corrected chi connectivity index (χ1v) is 8.76. The molecule has 0 unspecified atom stereocenters. The van der Waals surface area contributed by atoms with Crippen molar-refractivity contribution < 1.29 is 24.3 Å². The van der Waals surface area contributed by atoms with Gasteiger partial charge in [-0.15, -0.1) is 0 Å². The van der Waals surface area contributed by atoms with Gasteiger partial charge in [0.05, 0.1) is 6.04 Å². The summed E-state index contributed by atoms with van der Waals surface area (Å²) in [5.74, 6) is -2.93. The summed E-state index contributed by atoms with van der Waals surface area (Å²) in [7, 11) is 0. The van der Waals surface area contributed by atoms with Crippen LogP contribution in [-0.4, -0.2) is 53.0 Å². The highest BCUT2D eigenvalue weighted by Crippen LogP contribution is 2.08. The summed E-state index contributed by atoms with van der Waals surface area (Å²) in [6.45, 7) is 10.1. The average molecular weight is 372 g/mol. The highest BCUT2D eigenvalue weighted by Gasteiger charge is 2.30. The lowest BCUT2D eigenvalue weighted by Gasteiger charge is -2.26. The van der Waals surface area contributed by atoms with Gasteiger partial charge in [-0.1, -0.05) is 27.7 Å². The van der Waals surface area contributed by atoms with Crippen LogP contribution >= 0.6 is 0 Å². The molecule has 9 nitrogen and oxygen atoms in total. The van der Waals surface area contributed by atoms with Gasteiger partial charge in [-0.25, -0.2) is 4.79 Å². The maximum Gasteiger partial charge on any atom is 0.326 e. The lowest BCUT2D eigenvalue weighted by molar-refractivity contribution is -0.143. The van der Waals surface area contributed by atoms with E-state index in [2.05, 4.69) is 16.0 Å². The molecule has 26 heavy (non-hydrogen) atoms. The topological polar surface area (TPSA) is 151 Å². The number of rotatable bonds is 10. The number of carbonyl (C=O) groups is 4. The quantitative estimate of drug-likeness (QED) is 0.352. The van der Waals surface area contributed by atoms with E-state index in [9.17, 15) is 24.3 Å². The van der Waals surface area contributed by atoms with Crippen molar-refractivity contribution in [2.45, 2.75) is 72.1 Å². The molecule has 0 spiro atoms. The van der Waals surface area contributed by atoms with Crippen molar-refractivity contribution in [3.63, 3.8) is 0 Å². The maximum absolute atomic E-state index is 12.5. The zero-order valence-electron chi connectivity index (χ0n) is 16.3. The first-order valence-electron chi connectivity index (χ1n) is 8.76.